The van der Waals surface area contributed by atoms with Crippen LogP contribution >= 0.6 is 0 Å². The van der Waals surface area contributed by atoms with Crippen molar-refractivity contribution in [3.63, 3.8) is 0 Å². The Labute approximate surface area is 232 Å². The minimum Gasteiger partial charge on any atom is -0.394 e. The molecule has 0 aliphatic rings. The molecule has 4 heteroatoms. The maximum atomic E-state index is 12.2. The number of aliphatic hydroxyl groups is 2. The maximum absolute atomic E-state index is 12.2. The van der Waals surface area contributed by atoms with E-state index in [0.29, 0.717) is 12.8 Å². The Morgan fingerprint density at radius 2 is 0.865 bits per heavy atom. The van der Waals surface area contributed by atoms with E-state index in [9.17, 15) is 15.0 Å². The maximum Gasteiger partial charge on any atom is 0.220 e. The molecule has 3 N–H and O–H groups in total. The van der Waals surface area contributed by atoms with Gasteiger partial charge in [0.15, 0.2) is 0 Å². The second kappa shape index (κ2) is 29.9. The molecule has 0 aliphatic heterocycles. The van der Waals surface area contributed by atoms with E-state index < -0.39 is 12.1 Å². The molecule has 0 saturated carbocycles. The predicted molar refractivity (Wildman–Crippen MR) is 161 cm³/mol. The van der Waals surface area contributed by atoms with Gasteiger partial charge in [-0.1, -0.05) is 168 Å². The van der Waals surface area contributed by atoms with Crippen molar-refractivity contribution in [2.45, 2.75) is 199 Å². The zero-order valence-corrected chi connectivity index (χ0v) is 25.3. The van der Waals surface area contributed by atoms with Gasteiger partial charge in [0.05, 0.1) is 18.8 Å². The fraction of sp³-hybridized carbons (Fsp3) is 0.970. The van der Waals surface area contributed by atoms with Gasteiger partial charge in [0.1, 0.15) is 0 Å². The Morgan fingerprint density at radius 1 is 0.541 bits per heavy atom. The smallest absolute Gasteiger partial charge is 0.220 e. The number of carbonyl (C=O) groups is 1. The minimum absolute atomic E-state index is 0.0342. The average molecular weight is 526 g/mol. The standard InChI is InChI=1S/C33H67NO3/c1-3-5-7-9-11-12-13-14-15-16-17-18-19-20-21-22-23-25-27-29-33(37)34-31(30-35)32(36)28-26-24-10-8-6-4-2/h31-32,35-36H,3-30H2,1-2H3,(H,34,37). The molecule has 0 bridgehead atoms. The summed E-state index contributed by atoms with van der Waals surface area (Å²) in [5.41, 5.74) is 0. The van der Waals surface area contributed by atoms with Crippen LogP contribution in [0.15, 0.2) is 0 Å². The van der Waals surface area contributed by atoms with E-state index in [-0.39, 0.29) is 12.5 Å². The summed E-state index contributed by atoms with van der Waals surface area (Å²) in [6.45, 7) is 4.30. The van der Waals surface area contributed by atoms with Crippen LogP contribution in [0.1, 0.15) is 187 Å². The molecule has 222 valence electrons. The molecule has 0 rings (SSSR count). The van der Waals surface area contributed by atoms with Crippen LogP contribution in [0.5, 0.6) is 0 Å². The Balaban J connectivity index is 3.43. The van der Waals surface area contributed by atoms with Gasteiger partial charge in [-0.05, 0) is 12.8 Å². The highest BCUT2D eigenvalue weighted by molar-refractivity contribution is 5.76. The van der Waals surface area contributed by atoms with Gasteiger partial charge >= 0.3 is 0 Å². The lowest BCUT2D eigenvalue weighted by molar-refractivity contribution is -0.123. The summed E-state index contributed by atoms with van der Waals surface area (Å²) in [6.07, 6.45) is 33.1. The number of rotatable bonds is 30. The minimum atomic E-state index is -0.648. The first kappa shape index (κ1) is 36.4. The number of aliphatic hydroxyl groups excluding tert-OH is 2. The first-order valence-electron chi connectivity index (χ1n) is 16.7. The highest BCUT2D eigenvalue weighted by Gasteiger charge is 2.19. The van der Waals surface area contributed by atoms with Crippen molar-refractivity contribution >= 4 is 5.91 Å². The summed E-state index contributed by atoms with van der Waals surface area (Å²) >= 11 is 0. The SMILES string of the molecule is CCCCCCCCCCCCCCCCCCCCCC(=O)NC(CO)C(O)CCCCCCCC. The van der Waals surface area contributed by atoms with Crippen LogP contribution in [0.25, 0.3) is 0 Å². The zero-order chi connectivity index (χ0) is 27.2. The molecule has 37 heavy (non-hydrogen) atoms. The normalized spacial score (nSPS) is 13.1. The van der Waals surface area contributed by atoms with Crippen molar-refractivity contribution in [1.82, 2.24) is 5.32 Å². The fourth-order valence-corrected chi connectivity index (χ4v) is 5.24. The third-order valence-electron chi connectivity index (χ3n) is 7.87. The van der Waals surface area contributed by atoms with Crippen LogP contribution in [0, 0.1) is 0 Å². The third-order valence-corrected chi connectivity index (χ3v) is 7.87. The number of amides is 1. The van der Waals surface area contributed by atoms with E-state index in [0.717, 1.165) is 25.7 Å². The van der Waals surface area contributed by atoms with Gasteiger partial charge < -0.3 is 15.5 Å². The summed E-state index contributed by atoms with van der Waals surface area (Å²) < 4.78 is 0. The summed E-state index contributed by atoms with van der Waals surface area (Å²) in [4.78, 5) is 12.2. The lowest BCUT2D eigenvalue weighted by Crippen LogP contribution is -2.45. The third kappa shape index (κ3) is 26.8. The molecule has 1 amide bonds. The van der Waals surface area contributed by atoms with E-state index in [1.54, 1.807) is 0 Å². The molecular formula is C33H67NO3. The second-order valence-corrected chi connectivity index (χ2v) is 11.6. The molecule has 0 aromatic carbocycles. The zero-order valence-electron chi connectivity index (χ0n) is 25.3. The average Bonchev–Trinajstić information content (AvgIpc) is 2.90. The Bertz CT molecular complexity index is 457. The quantitative estimate of drug-likeness (QED) is 0.0818. The molecule has 0 spiro atoms. The molecule has 0 heterocycles. The van der Waals surface area contributed by atoms with Crippen LogP contribution in [0.2, 0.25) is 0 Å². The second-order valence-electron chi connectivity index (χ2n) is 11.6. The van der Waals surface area contributed by atoms with Crippen molar-refractivity contribution in [3.8, 4) is 0 Å². The van der Waals surface area contributed by atoms with Crippen molar-refractivity contribution in [3.05, 3.63) is 0 Å². The molecule has 2 unspecified atom stereocenters. The monoisotopic (exact) mass is 526 g/mol. The number of unbranched alkanes of at least 4 members (excludes halogenated alkanes) is 23. The van der Waals surface area contributed by atoms with Gasteiger partial charge in [0.25, 0.3) is 0 Å². The van der Waals surface area contributed by atoms with E-state index in [1.165, 1.54) is 135 Å². The van der Waals surface area contributed by atoms with E-state index in [4.69, 9.17) is 0 Å². The summed E-state index contributed by atoms with van der Waals surface area (Å²) in [5.74, 6) is -0.0342. The molecule has 0 saturated heterocycles. The molecule has 0 fully saturated rings. The van der Waals surface area contributed by atoms with E-state index in [1.807, 2.05) is 0 Å². The molecule has 4 nitrogen and oxygen atoms in total. The van der Waals surface area contributed by atoms with Gasteiger partial charge in [-0.2, -0.15) is 0 Å². The van der Waals surface area contributed by atoms with Crippen molar-refractivity contribution in [1.29, 1.82) is 0 Å². The van der Waals surface area contributed by atoms with Crippen LogP contribution in [0.3, 0.4) is 0 Å². The summed E-state index contributed by atoms with van der Waals surface area (Å²) in [5, 5.41) is 22.7. The molecule has 0 aliphatic carbocycles. The molecule has 0 aromatic heterocycles. The van der Waals surface area contributed by atoms with Gasteiger partial charge in [0.2, 0.25) is 5.91 Å². The summed E-state index contributed by atoms with van der Waals surface area (Å²) in [7, 11) is 0. The van der Waals surface area contributed by atoms with E-state index in [2.05, 4.69) is 19.2 Å². The highest BCUT2D eigenvalue weighted by atomic mass is 16.3. The topological polar surface area (TPSA) is 69.6 Å². The number of hydrogen-bond acceptors (Lipinski definition) is 3. The lowest BCUT2D eigenvalue weighted by atomic mass is 10.0. The van der Waals surface area contributed by atoms with Crippen LogP contribution < -0.4 is 5.32 Å². The van der Waals surface area contributed by atoms with Crippen LogP contribution in [0.4, 0.5) is 0 Å². The van der Waals surface area contributed by atoms with Crippen LogP contribution in [-0.4, -0.2) is 34.9 Å². The molecular weight excluding hydrogens is 458 g/mol. The van der Waals surface area contributed by atoms with E-state index >= 15 is 0 Å². The molecule has 2 atom stereocenters. The number of nitrogens with one attached hydrogen (secondary N) is 1. The lowest BCUT2D eigenvalue weighted by Gasteiger charge is -2.22. The van der Waals surface area contributed by atoms with Gasteiger partial charge in [0, 0.05) is 6.42 Å². The van der Waals surface area contributed by atoms with Gasteiger partial charge in [-0.25, -0.2) is 0 Å². The predicted octanol–water partition coefficient (Wildman–Crippen LogP) is 9.40. The number of hydrogen-bond donors (Lipinski definition) is 3. The highest BCUT2D eigenvalue weighted by Crippen LogP contribution is 2.15. The van der Waals surface area contributed by atoms with Crippen molar-refractivity contribution < 1.29 is 15.0 Å². The molecule has 0 aromatic rings. The van der Waals surface area contributed by atoms with Crippen molar-refractivity contribution in [2.75, 3.05) is 6.61 Å². The van der Waals surface area contributed by atoms with Gasteiger partial charge in [-0.15, -0.1) is 0 Å². The number of carbonyl (C=O) groups excluding carboxylic acids is 1. The largest absolute Gasteiger partial charge is 0.394 e. The Morgan fingerprint density at radius 3 is 1.22 bits per heavy atom. The first-order chi connectivity index (χ1) is 18.2. The fourth-order valence-electron chi connectivity index (χ4n) is 5.24. The Kier molecular flexibility index (Phi) is 29.4. The Hall–Kier alpha value is -0.610. The summed E-state index contributed by atoms with van der Waals surface area (Å²) in [6, 6.07) is -0.525. The van der Waals surface area contributed by atoms with Gasteiger partial charge in [-0.3, -0.25) is 4.79 Å². The van der Waals surface area contributed by atoms with Crippen LogP contribution in [-0.2, 0) is 4.79 Å². The first-order valence-corrected chi connectivity index (χ1v) is 16.7. The molecule has 0 radical (unpaired) electrons. The van der Waals surface area contributed by atoms with Crippen molar-refractivity contribution in [2.24, 2.45) is 0 Å².